The van der Waals surface area contributed by atoms with Crippen LogP contribution >= 0.6 is 0 Å². The first-order valence-corrected chi connectivity index (χ1v) is 14.3. The van der Waals surface area contributed by atoms with Crippen molar-refractivity contribution < 1.29 is 28.6 Å². The molecule has 0 aromatic heterocycles. The molecule has 8 nitrogen and oxygen atoms in total. The average Bonchev–Trinajstić information content (AvgIpc) is 3.07. The maximum atomic E-state index is 13.5. The zero-order chi connectivity index (χ0) is 32.3. The standard InChI is InChI=1S/C37H36N2O6/c1-24(2)26-14-11-25(12-15-26)13-20-32(40)27-16-18-30(19-17-27)38-37(42)31(39-36(41)28-9-7-6-8-10-28)21-29-22-34(44-4)35(45-5)23-33(29)43-3/h6-24H,1-5H3,(H,38,42)(H,39,41)/b20-13+,31-21-. The first-order valence-electron chi connectivity index (χ1n) is 14.3. The maximum Gasteiger partial charge on any atom is 0.272 e. The van der Waals surface area contributed by atoms with Crippen LogP contribution in [0.5, 0.6) is 17.2 Å². The van der Waals surface area contributed by atoms with E-state index in [0.29, 0.717) is 45.5 Å². The van der Waals surface area contributed by atoms with Gasteiger partial charge < -0.3 is 24.8 Å². The molecule has 0 atom stereocenters. The predicted molar refractivity (Wildman–Crippen MR) is 177 cm³/mol. The molecule has 45 heavy (non-hydrogen) atoms. The molecule has 0 spiro atoms. The van der Waals surface area contributed by atoms with Gasteiger partial charge >= 0.3 is 0 Å². The van der Waals surface area contributed by atoms with Gasteiger partial charge in [-0.25, -0.2) is 0 Å². The third kappa shape index (κ3) is 8.48. The van der Waals surface area contributed by atoms with E-state index >= 15 is 0 Å². The highest BCUT2D eigenvalue weighted by Gasteiger charge is 2.18. The van der Waals surface area contributed by atoms with Gasteiger partial charge in [-0.3, -0.25) is 14.4 Å². The third-order valence-corrected chi connectivity index (χ3v) is 7.02. The molecule has 0 fully saturated rings. The number of amides is 2. The van der Waals surface area contributed by atoms with Gasteiger partial charge in [0.1, 0.15) is 11.4 Å². The molecule has 4 rings (SSSR count). The van der Waals surface area contributed by atoms with Gasteiger partial charge in [-0.15, -0.1) is 0 Å². The van der Waals surface area contributed by atoms with E-state index in [9.17, 15) is 14.4 Å². The Hall–Kier alpha value is -5.63. The molecule has 4 aromatic carbocycles. The first-order chi connectivity index (χ1) is 21.7. The summed E-state index contributed by atoms with van der Waals surface area (Å²) in [5, 5.41) is 5.51. The largest absolute Gasteiger partial charge is 0.496 e. The Bertz CT molecular complexity index is 1710. The summed E-state index contributed by atoms with van der Waals surface area (Å²) in [4.78, 5) is 39.4. The molecule has 0 radical (unpaired) electrons. The summed E-state index contributed by atoms with van der Waals surface area (Å²) in [6.07, 6.45) is 4.79. The molecular weight excluding hydrogens is 568 g/mol. The Morgan fingerprint density at radius 2 is 1.33 bits per heavy atom. The van der Waals surface area contributed by atoms with Crippen molar-refractivity contribution in [3.05, 3.63) is 131 Å². The van der Waals surface area contributed by atoms with Gasteiger partial charge in [-0.1, -0.05) is 62.4 Å². The van der Waals surface area contributed by atoms with Crippen LogP contribution in [0.15, 0.2) is 103 Å². The van der Waals surface area contributed by atoms with Crippen LogP contribution in [0.1, 0.15) is 57.2 Å². The quantitative estimate of drug-likeness (QED) is 0.132. The average molecular weight is 605 g/mol. The van der Waals surface area contributed by atoms with Gasteiger partial charge in [0.2, 0.25) is 0 Å². The van der Waals surface area contributed by atoms with Crippen molar-refractivity contribution in [1.82, 2.24) is 5.32 Å². The Balaban J connectivity index is 1.56. The highest BCUT2D eigenvalue weighted by molar-refractivity contribution is 6.11. The predicted octanol–water partition coefficient (Wildman–Crippen LogP) is 7.14. The lowest BCUT2D eigenvalue weighted by atomic mass is 10.0. The second-order valence-electron chi connectivity index (χ2n) is 10.4. The van der Waals surface area contributed by atoms with Crippen LogP contribution < -0.4 is 24.8 Å². The zero-order valence-electron chi connectivity index (χ0n) is 25.9. The summed E-state index contributed by atoms with van der Waals surface area (Å²) in [7, 11) is 4.49. The van der Waals surface area contributed by atoms with Crippen molar-refractivity contribution in [2.45, 2.75) is 19.8 Å². The zero-order valence-corrected chi connectivity index (χ0v) is 25.9. The number of ether oxygens (including phenoxy) is 3. The number of ketones is 1. The SMILES string of the molecule is COc1cc(OC)c(OC)cc1/C=C(\NC(=O)c1ccccc1)C(=O)Nc1ccc(C(=O)/C=C/c2ccc(C(C)C)cc2)cc1. The van der Waals surface area contributed by atoms with E-state index in [2.05, 4.69) is 36.6 Å². The van der Waals surface area contributed by atoms with E-state index in [-0.39, 0.29) is 11.5 Å². The Kier molecular flexibility index (Phi) is 10.9. The molecule has 0 saturated carbocycles. The molecule has 0 aliphatic carbocycles. The summed E-state index contributed by atoms with van der Waals surface area (Å²) in [6.45, 7) is 4.27. The van der Waals surface area contributed by atoms with Gasteiger partial charge in [-0.05, 0) is 71.7 Å². The highest BCUT2D eigenvalue weighted by atomic mass is 16.5. The number of methoxy groups -OCH3 is 3. The van der Waals surface area contributed by atoms with Gasteiger partial charge in [0, 0.05) is 28.4 Å². The van der Waals surface area contributed by atoms with Gasteiger partial charge in [0.05, 0.1) is 21.3 Å². The van der Waals surface area contributed by atoms with Crippen LogP contribution in [0.4, 0.5) is 5.69 Å². The smallest absolute Gasteiger partial charge is 0.272 e. The second kappa shape index (κ2) is 15.2. The number of carbonyl (C=O) groups excluding carboxylic acids is 3. The van der Waals surface area contributed by atoms with Crippen molar-refractivity contribution in [1.29, 1.82) is 0 Å². The molecule has 0 bridgehead atoms. The van der Waals surface area contributed by atoms with Crippen LogP contribution in [0, 0.1) is 0 Å². The fraction of sp³-hybridized carbons (Fsp3) is 0.162. The fourth-order valence-corrected chi connectivity index (χ4v) is 4.44. The van der Waals surface area contributed by atoms with Crippen LogP contribution in [0.2, 0.25) is 0 Å². The Labute approximate surface area is 263 Å². The molecule has 0 aliphatic heterocycles. The minimum Gasteiger partial charge on any atom is -0.496 e. The van der Waals surface area contributed by atoms with Crippen LogP contribution in [0.3, 0.4) is 0 Å². The van der Waals surface area contributed by atoms with Crippen molar-refractivity contribution in [2.75, 3.05) is 26.6 Å². The Morgan fingerprint density at radius 3 is 1.93 bits per heavy atom. The molecule has 230 valence electrons. The lowest BCUT2D eigenvalue weighted by Crippen LogP contribution is -2.30. The normalized spacial score (nSPS) is 11.3. The summed E-state index contributed by atoms with van der Waals surface area (Å²) < 4.78 is 16.3. The molecular formula is C37H36N2O6. The number of nitrogens with one attached hydrogen (secondary N) is 2. The molecule has 2 N–H and O–H groups in total. The fourth-order valence-electron chi connectivity index (χ4n) is 4.44. The first kappa shape index (κ1) is 32.3. The van der Waals surface area contributed by atoms with Crippen LogP contribution in [-0.4, -0.2) is 38.9 Å². The highest BCUT2D eigenvalue weighted by Crippen LogP contribution is 2.35. The van der Waals surface area contributed by atoms with Crippen molar-refractivity contribution in [3.63, 3.8) is 0 Å². The van der Waals surface area contributed by atoms with Crippen LogP contribution in [0.25, 0.3) is 12.2 Å². The molecule has 2 amide bonds. The topological polar surface area (TPSA) is 103 Å². The number of hydrogen-bond donors (Lipinski definition) is 2. The summed E-state index contributed by atoms with van der Waals surface area (Å²) >= 11 is 0. The summed E-state index contributed by atoms with van der Waals surface area (Å²) in [6, 6.07) is 26.4. The minimum atomic E-state index is -0.583. The van der Waals surface area contributed by atoms with E-state index in [0.717, 1.165) is 5.56 Å². The van der Waals surface area contributed by atoms with Gasteiger partial charge in [-0.2, -0.15) is 0 Å². The number of benzene rings is 4. The summed E-state index contributed by atoms with van der Waals surface area (Å²) in [5.41, 5.74) is 3.87. The molecule has 0 aliphatic rings. The monoisotopic (exact) mass is 604 g/mol. The number of hydrogen-bond acceptors (Lipinski definition) is 6. The van der Waals surface area contributed by atoms with Gasteiger partial charge in [0.15, 0.2) is 17.3 Å². The lowest BCUT2D eigenvalue weighted by molar-refractivity contribution is -0.113. The molecule has 4 aromatic rings. The number of carbonyl (C=O) groups is 3. The molecule has 0 saturated heterocycles. The molecule has 0 heterocycles. The van der Waals surface area contributed by atoms with E-state index in [1.165, 1.54) is 39.0 Å². The molecule has 0 unspecified atom stereocenters. The third-order valence-electron chi connectivity index (χ3n) is 7.02. The molecule has 8 heteroatoms. The van der Waals surface area contributed by atoms with Crippen molar-refractivity contribution >= 4 is 35.4 Å². The van der Waals surface area contributed by atoms with E-state index in [4.69, 9.17) is 14.2 Å². The summed E-state index contributed by atoms with van der Waals surface area (Å²) in [5.74, 6) is 0.475. The minimum absolute atomic E-state index is 0.0408. The maximum absolute atomic E-state index is 13.5. The van der Waals surface area contributed by atoms with Gasteiger partial charge in [0.25, 0.3) is 11.8 Å². The number of anilines is 1. The van der Waals surface area contributed by atoms with E-state index < -0.39 is 11.8 Å². The van der Waals surface area contributed by atoms with Crippen LogP contribution in [-0.2, 0) is 4.79 Å². The Morgan fingerprint density at radius 1 is 0.711 bits per heavy atom. The number of allylic oxidation sites excluding steroid dienone is 1. The second-order valence-corrected chi connectivity index (χ2v) is 10.4. The number of rotatable bonds is 12. The van der Waals surface area contributed by atoms with E-state index in [1.807, 2.05) is 12.1 Å². The van der Waals surface area contributed by atoms with Crippen molar-refractivity contribution in [2.24, 2.45) is 0 Å². The lowest BCUT2D eigenvalue weighted by Gasteiger charge is -2.15. The van der Waals surface area contributed by atoms with E-state index in [1.54, 1.807) is 72.8 Å². The van der Waals surface area contributed by atoms with Crippen molar-refractivity contribution in [3.8, 4) is 17.2 Å².